The third-order valence-corrected chi connectivity index (χ3v) is 11.6. The average Bonchev–Trinajstić information content (AvgIpc) is 2.74. The highest BCUT2D eigenvalue weighted by Crippen LogP contribution is 2.43. The fourth-order valence-electron chi connectivity index (χ4n) is 5.05. The van der Waals surface area contributed by atoms with E-state index >= 15 is 0 Å². The van der Waals surface area contributed by atoms with Crippen molar-refractivity contribution in [2.45, 2.75) is 77.7 Å². The van der Waals surface area contributed by atoms with Crippen molar-refractivity contribution >= 4 is 30.6 Å². The zero-order chi connectivity index (χ0) is 24.3. The first kappa shape index (κ1) is 25.2. The van der Waals surface area contributed by atoms with Gasteiger partial charge in [0.2, 0.25) is 0 Å². The lowest BCUT2D eigenvalue weighted by molar-refractivity contribution is -0.247. The van der Waals surface area contributed by atoms with Crippen LogP contribution in [-0.4, -0.2) is 32.1 Å². The van der Waals surface area contributed by atoms with E-state index in [1.165, 1.54) is 24.2 Å². The van der Waals surface area contributed by atoms with Crippen molar-refractivity contribution in [2.24, 2.45) is 5.92 Å². The smallest absolute Gasteiger partial charge is 0.305 e. The second-order valence-corrected chi connectivity index (χ2v) is 14.4. The molecule has 2 aromatic rings. The molecule has 0 bridgehead atoms. The minimum Gasteiger partial charge on any atom is -0.423 e. The molecule has 33 heavy (non-hydrogen) atoms. The highest BCUT2D eigenvalue weighted by Gasteiger charge is 2.54. The number of esters is 2. The maximum Gasteiger partial charge on any atom is 0.305 e. The Kier molecular flexibility index (Phi) is 7.49. The minimum atomic E-state index is -2.80. The van der Waals surface area contributed by atoms with Crippen LogP contribution < -0.4 is 10.4 Å². The van der Waals surface area contributed by atoms with E-state index < -0.39 is 26.0 Å². The molecule has 2 aromatic carbocycles. The number of hydrogen-bond acceptors (Lipinski definition) is 5. The van der Waals surface area contributed by atoms with Gasteiger partial charge in [0, 0.05) is 20.3 Å². The fraction of sp³-hybridized carbons (Fsp3) is 0.481. The molecule has 5 nitrogen and oxygen atoms in total. The Morgan fingerprint density at radius 2 is 1.33 bits per heavy atom. The van der Waals surface area contributed by atoms with Crippen LogP contribution in [0.15, 0.2) is 60.7 Å². The molecule has 1 aliphatic rings. The molecule has 3 rings (SSSR count). The van der Waals surface area contributed by atoms with Crippen molar-refractivity contribution in [1.82, 2.24) is 0 Å². The molecule has 0 aliphatic heterocycles. The molecule has 6 heteroatoms. The highest BCUT2D eigenvalue weighted by atomic mass is 28.4. The van der Waals surface area contributed by atoms with Crippen molar-refractivity contribution in [1.29, 1.82) is 0 Å². The highest BCUT2D eigenvalue weighted by molar-refractivity contribution is 6.99. The van der Waals surface area contributed by atoms with E-state index in [9.17, 15) is 9.59 Å². The zero-order valence-electron chi connectivity index (χ0n) is 20.6. The minimum absolute atomic E-state index is 0.182. The van der Waals surface area contributed by atoms with Gasteiger partial charge >= 0.3 is 11.9 Å². The fourth-order valence-corrected chi connectivity index (χ4v) is 9.83. The molecule has 0 aromatic heterocycles. The Labute approximate surface area is 198 Å². The van der Waals surface area contributed by atoms with Crippen LogP contribution in [-0.2, 0) is 23.5 Å². The van der Waals surface area contributed by atoms with E-state index in [2.05, 4.69) is 76.2 Å². The summed E-state index contributed by atoms with van der Waals surface area (Å²) in [6.07, 6.45) is 1.26. The van der Waals surface area contributed by atoms with Gasteiger partial charge < -0.3 is 13.9 Å². The standard InChI is InChI=1S/C27H36O5Si/c1-20-17-18-27(30-21(2)28,31-22(3)29)19-25(20)32-33(26(4,5)6,23-13-9-7-10-14-23)24-15-11-8-12-16-24/h7-16,20,25H,17-19H2,1-6H3. The van der Waals surface area contributed by atoms with Crippen LogP contribution in [0.2, 0.25) is 5.04 Å². The monoisotopic (exact) mass is 468 g/mol. The summed E-state index contributed by atoms with van der Waals surface area (Å²) in [6.45, 7) is 11.6. The van der Waals surface area contributed by atoms with Gasteiger partial charge in [0.15, 0.2) is 0 Å². The summed E-state index contributed by atoms with van der Waals surface area (Å²) >= 11 is 0. The quantitative estimate of drug-likeness (QED) is 0.353. The Balaban J connectivity index is 2.12. The largest absolute Gasteiger partial charge is 0.423 e. The summed E-state index contributed by atoms with van der Waals surface area (Å²) in [5, 5.41) is 2.19. The normalized spacial score (nSPS) is 20.7. The van der Waals surface area contributed by atoms with E-state index in [0.29, 0.717) is 12.8 Å². The second kappa shape index (κ2) is 9.81. The van der Waals surface area contributed by atoms with Crippen molar-refractivity contribution < 1.29 is 23.5 Å². The molecule has 0 radical (unpaired) electrons. The van der Waals surface area contributed by atoms with Crippen molar-refractivity contribution in [3.8, 4) is 0 Å². The number of carbonyl (C=O) groups is 2. The van der Waals surface area contributed by atoms with E-state index in [4.69, 9.17) is 13.9 Å². The number of rotatable bonds is 6. The first-order valence-corrected chi connectivity index (χ1v) is 13.6. The average molecular weight is 469 g/mol. The molecule has 2 unspecified atom stereocenters. The molecule has 1 saturated carbocycles. The summed E-state index contributed by atoms with van der Waals surface area (Å²) in [4.78, 5) is 23.9. The Morgan fingerprint density at radius 3 is 1.73 bits per heavy atom. The van der Waals surface area contributed by atoms with Gasteiger partial charge in [-0.15, -0.1) is 0 Å². The lowest BCUT2D eigenvalue weighted by Gasteiger charge is -2.49. The summed E-state index contributed by atoms with van der Waals surface area (Å²) in [6, 6.07) is 20.9. The number of hydrogen-bond donors (Lipinski definition) is 0. The molecule has 0 spiro atoms. The van der Waals surface area contributed by atoms with Crippen LogP contribution in [0, 0.1) is 5.92 Å². The number of benzene rings is 2. The molecular formula is C27H36O5Si. The van der Waals surface area contributed by atoms with Gasteiger partial charge in [-0.3, -0.25) is 9.59 Å². The Morgan fingerprint density at radius 1 is 0.879 bits per heavy atom. The van der Waals surface area contributed by atoms with E-state index in [1.54, 1.807) is 0 Å². The SMILES string of the molecule is CC(=O)OC1(OC(C)=O)CCC(C)C(O[Si](c2ccccc2)(c2ccccc2)C(C)(C)C)C1. The second-order valence-electron chi connectivity index (χ2n) is 10.1. The van der Waals surface area contributed by atoms with Gasteiger partial charge in [-0.25, -0.2) is 0 Å². The molecule has 0 amide bonds. The maximum atomic E-state index is 11.9. The van der Waals surface area contributed by atoms with Gasteiger partial charge in [0.1, 0.15) is 0 Å². The van der Waals surface area contributed by atoms with Gasteiger partial charge in [-0.05, 0) is 27.8 Å². The summed E-state index contributed by atoms with van der Waals surface area (Å²) in [5.74, 6) is -2.00. The first-order chi connectivity index (χ1) is 15.5. The summed E-state index contributed by atoms with van der Waals surface area (Å²) < 4.78 is 18.6. The molecule has 0 heterocycles. The van der Waals surface area contributed by atoms with Crippen molar-refractivity contribution in [2.75, 3.05) is 0 Å². The van der Waals surface area contributed by atoms with Gasteiger partial charge in [-0.2, -0.15) is 0 Å². The van der Waals surface area contributed by atoms with Crippen molar-refractivity contribution in [3.05, 3.63) is 60.7 Å². The predicted octanol–water partition coefficient (Wildman–Crippen LogP) is 4.57. The Hall–Kier alpha value is -2.44. The topological polar surface area (TPSA) is 61.8 Å². The molecular weight excluding hydrogens is 432 g/mol. The summed E-state index contributed by atoms with van der Waals surface area (Å²) in [7, 11) is -2.80. The van der Waals surface area contributed by atoms with Crippen LogP contribution in [0.3, 0.4) is 0 Å². The van der Waals surface area contributed by atoms with Crippen LogP contribution in [0.1, 0.15) is 60.8 Å². The number of ether oxygens (including phenoxy) is 2. The van der Waals surface area contributed by atoms with E-state index in [1.807, 2.05) is 12.1 Å². The van der Waals surface area contributed by atoms with Crippen LogP contribution in [0.25, 0.3) is 0 Å². The number of carbonyl (C=O) groups excluding carboxylic acids is 2. The maximum absolute atomic E-state index is 11.9. The lowest BCUT2D eigenvalue weighted by atomic mass is 9.83. The zero-order valence-corrected chi connectivity index (χ0v) is 21.6. The van der Waals surface area contributed by atoms with Gasteiger partial charge in [0.25, 0.3) is 14.1 Å². The molecule has 0 saturated heterocycles. The molecule has 1 aliphatic carbocycles. The van der Waals surface area contributed by atoms with E-state index in [0.717, 1.165) is 6.42 Å². The van der Waals surface area contributed by atoms with E-state index in [-0.39, 0.29) is 17.1 Å². The third kappa shape index (κ3) is 5.39. The van der Waals surface area contributed by atoms with Crippen LogP contribution in [0.5, 0.6) is 0 Å². The molecule has 0 N–H and O–H groups in total. The lowest BCUT2D eigenvalue weighted by Crippen LogP contribution is -2.69. The van der Waals surface area contributed by atoms with Crippen LogP contribution >= 0.6 is 0 Å². The van der Waals surface area contributed by atoms with Gasteiger partial charge in [0.05, 0.1) is 12.5 Å². The Bertz CT molecular complexity index is 896. The predicted molar refractivity (Wildman–Crippen MR) is 132 cm³/mol. The first-order valence-electron chi connectivity index (χ1n) is 11.7. The van der Waals surface area contributed by atoms with Crippen LogP contribution in [0.4, 0.5) is 0 Å². The summed E-state index contributed by atoms with van der Waals surface area (Å²) in [5.41, 5.74) is 0. The van der Waals surface area contributed by atoms with Crippen molar-refractivity contribution in [3.63, 3.8) is 0 Å². The molecule has 1 fully saturated rings. The van der Waals surface area contributed by atoms with Gasteiger partial charge in [-0.1, -0.05) is 88.4 Å². The molecule has 2 atom stereocenters. The third-order valence-electron chi connectivity index (χ3n) is 6.53. The molecule has 178 valence electrons.